The Bertz CT molecular complexity index is 795. The third kappa shape index (κ3) is 4.30. The van der Waals surface area contributed by atoms with Crippen LogP contribution < -0.4 is 14.9 Å². The van der Waals surface area contributed by atoms with E-state index >= 15 is 0 Å². The van der Waals surface area contributed by atoms with Crippen molar-refractivity contribution in [2.45, 2.75) is 0 Å². The minimum atomic E-state index is -0.153. The maximum atomic E-state index is 12.1. The van der Waals surface area contributed by atoms with Crippen molar-refractivity contribution in [2.24, 2.45) is 5.10 Å². The van der Waals surface area contributed by atoms with Crippen LogP contribution in [0.15, 0.2) is 35.4 Å². The first-order valence-corrected chi connectivity index (χ1v) is 8.48. The molecule has 0 spiro atoms. The summed E-state index contributed by atoms with van der Waals surface area (Å²) in [6.07, 6.45) is 1.61. The number of hydrogen-bond donors (Lipinski definition) is 1. The van der Waals surface area contributed by atoms with Crippen LogP contribution in [0.2, 0.25) is 0 Å². The van der Waals surface area contributed by atoms with Gasteiger partial charge in [-0.3, -0.25) is 9.69 Å². The van der Waals surface area contributed by atoms with Crippen LogP contribution in [-0.4, -0.2) is 64.1 Å². The first kappa shape index (κ1) is 18.2. The minimum Gasteiger partial charge on any atom is -0.497 e. The van der Waals surface area contributed by atoms with E-state index < -0.39 is 0 Å². The van der Waals surface area contributed by atoms with E-state index in [9.17, 15) is 4.79 Å². The van der Waals surface area contributed by atoms with Crippen molar-refractivity contribution >= 4 is 22.9 Å². The lowest BCUT2D eigenvalue weighted by molar-refractivity contribution is -0.123. The van der Waals surface area contributed by atoms with E-state index in [0.29, 0.717) is 25.5 Å². The third-order valence-corrected chi connectivity index (χ3v) is 4.30. The van der Waals surface area contributed by atoms with Crippen molar-refractivity contribution in [3.8, 4) is 11.5 Å². The zero-order valence-corrected chi connectivity index (χ0v) is 15.0. The van der Waals surface area contributed by atoms with Gasteiger partial charge in [-0.1, -0.05) is 12.1 Å². The standard InChI is InChI=1S/C19H23N3O4/c1-24-15-5-3-14-4-6-18(25-2)17(16(14)11-15)12-20-21-19(23)13-22-7-9-26-10-8-22/h3-6,11-12H,7-10,13H2,1-2H3,(H,21,23)/b20-12+. The van der Waals surface area contributed by atoms with Crippen molar-refractivity contribution < 1.29 is 19.0 Å². The lowest BCUT2D eigenvalue weighted by atomic mass is 10.0. The number of ether oxygens (including phenoxy) is 3. The smallest absolute Gasteiger partial charge is 0.254 e. The molecular formula is C19H23N3O4. The van der Waals surface area contributed by atoms with Gasteiger partial charge in [0.25, 0.3) is 5.91 Å². The SMILES string of the molecule is COc1ccc2ccc(OC)c(/C=N/NC(=O)CN3CCOCC3)c2c1. The van der Waals surface area contributed by atoms with Crippen LogP contribution >= 0.6 is 0 Å². The first-order chi connectivity index (χ1) is 12.7. The van der Waals surface area contributed by atoms with E-state index in [1.165, 1.54) is 0 Å². The number of fused-ring (bicyclic) bond motifs is 1. The highest BCUT2D eigenvalue weighted by molar-refractivity contribution is 6.03. The van der Waals surface area contributed by atoms with Crippen LogP contribution in [0.3, 0.4) is 0 Å². The molecule has 0 aromatic heterocycles. The molecule has 2 aromatic carbocycles. The second kappa shape index (κ2) is 8.64. The average Bonchev–Trinajstić information content (AvgIpc) is 2.68. The molecule has 3 rings (SSSR count). The van der Waals surface area contributed by atoms with Gasteiger partial charge in [0.2, 0.25) is 0 Å². The molecule has 0 radical (unpaired) electrons. The predicted molar refractivity (Wildman–Crippen MR) is 100 cm³/mol. The Morgan fingerprint density at radius 1 is 1.23 bits per heavy atom. The van der Waals surface area contributed by atoms with E-state index in [2.05, 4.69) is 10.5 Å². The molecule has 0 aliphatic carbocycles. The van der Waals surface area contributed by atoms with Gasteiger partial charge in [-0.05, 0) is 29.0 Å². The van der Waals surface area contributed by atoms with Gasteiger partial charge in [-0.2, -0.15) is 5.10 Å². The molecule has 1 fully saturated rings. The number of carbonyl (C=O) groups excluding carboxylic acids is 1. The molecule has 7 nitrogen and oxygen atoms in total. The molecule has 0 saturated carbocycles. The summed E-state index contributed by atoms with van der Waals surface area (Å²) in [7, 11) is 3.23. The van der Waals surface area contributed by atoms with Crippen LogP contribution in [0.4, 0.5) is 0 Å². The lowest BCUT2D eigenvalue weighted by Crippen LogP contribution is -2.42. The summed E-state index contributed by atoms with van der Waals surface area (Å²) >= 11 is 0. The molecule has 2 aromatic rings. The van der Waals surface area contributed by atoms with Gasteiger partial charge in [-0.25, -0.2) is 5.43 Å². The maximum absolute atomic E-state index is 12.1. The normalized spacial score (nSPS) is 15.3. The number of methoxy groups -OCH3 is 2. The lowest BCUT2D eigenvalue weighted by Gasteiger charge is -2.25. The summed E-state index contributed by atoms with van der Waals surface area (Å²) in [4.78, 5) is 14.1. The van der Waals surface area contributed by atoms with Gasteiger partial charge in [0.15, 0.2) is 0 Å². The fourth-order valence-corrected chi connectivity index (χ4v) is 2.91. The van der Waals surface area contributed by atoms with Gasteiger partial charge < -0.3 is 14.2 Å². The highest BCUT2D eigenvalue weighted by atomic mass is 16.5. The summed E-state index contributed by atoms with van der Waals surface area (Å²) in [5, 5.41) is 6.09. The van der Waals surface area contributed by atoms with E-state index in [0.717, 1.165) is 35.2 Å². The Hall–Kier alpha value is -2.64. The number of nitrogens with zero attached hydrogens (tertiary/aromatic N) is 2. The van der Waals surface area contributed by atoms with Crippen LogP contribution in [0.1, 0.15) is 5.56 Å². The minimum absolute atomic E-state index is 0.153. The molecule has 1 aliphatic rings. The first-order valence-electron chi connectivity index (χ1n) is 8.48. The highest BCUT2D eigenvalue weighted by Gasteiger charge is 2.13. The zero-order valence-electron chi connectivity index (χ0n) is 15.0. The van der Waals surface area contributed by atoms with Crippen molar-refractivity contribution in [3.05, 3.63) is 35.9 Å². The maximum Gasteiger partial charge on any atom is 0.254 e. The molecule has 26 heavy (non-hydrogen) atoms. The van der Waals surface area contributed by atoms with Crippen LogP contribution in [0.5, 0.6) is 11.5 Å². The number of amides is 1. The topological polar surface area (TPSA) is 72.4 Å². The predicted octanol–water partition coefficient (Wildman–Crippen LogP) is 1.64. The average molecular weight is 357 g/mol. The van der Waals surface area contributed by atoms with Crippen molar-refractivity contribution in [1.82, 2.24) is 10.3 Å². The third-order valence-electron chi connectivity index (χ3n) is 4.30. The van der Waals surface area contributed by atoms with Crippen LogP contribution in [-0.2, 0) is 9.53 Å². The second-order valence-corrected chi connectivity index (χ2v) is 5.95. The van der Waals surface area contributed by atoms with Crippen molar-refractivity contribution in [1.29, 1.82) is 0 Å². The largest absolute Gasteiger partial charge is 0.497 e. The molecular weight excluding hydrogens is 334 g/mol. The highest BCUT2D eigenvalue weighted by Crippen LogP contribution is 2.29. The molecule has 0 atom stereocenters. The van der Waals surface area contributed by atoms with Gasteiger partial charge in [0.05, 0.1) is 40.2 Å². The Balaban J connectivity index is 1.75. The number of morpholine rings is 1. The number of benzene rings is 2. The number of carbonyl (C=O) groups is 1. The van der Waals surface area contributed by atoms with E-state index in [4.69, 9.17) is 14.2 Å². The molecule has 138 valence electrons. The number of hydrogen-bond acceptors (Lipinski definition) is 6. The monoisotopic (exact) mass is 357 g/mol. The van der Waals surface area contributed by atoms with Crippen molar-refractivity contribution in [2.75, 3.05) is 47.1 Å². The molecule has 1 N–H and O–H groups in total. The Kier molecular flexibility index (Phi) is 6.04. The van der Waals surface area contributed by atoms with Gasteiger partial charge in [0.1, 0.15) is 11.5 Å². The molecule has 1 heterocycles. The Morgan fingerprint density at radius 3 is 2.73 bits per heavy atom. The van der Waals surface area contributed by atoms with Gasteiger partial charge in [0, 0.05) is 18.7 Å². The zero-order chi connectivity index (χ0) is 18.4. The Labute approximate surface area is 152 Å². The summed E-state index contributed by atoms with van der Waals surface area (Å²) in [6, 6.07) is 9.66. The summed E-state index contributed by atoms with van der Waals surface area (Å²) in [5.74, 6) is 1.27. The van der Waals surface area contributed by atoms with Crippen LogP contribution in [0, 0.1) is 0 Å². The fraction of sp³-hybridized carbons (Fsp3) is 0.368. The Morgan fingerprint density at radius 2 is 2.00 bits per heavy atom. The molecule has 1 saturated heterocycles. The van der Waals surface area contributed by atoms with E-state index in [1.807, 2.05) is 35.2 Å². The molecule has 7 heteroatoms. The number of nitrogens with one attached hydrogen (secondary N) is 1. The van der Waals surface area contributed by atoms with E-state index in [1.54, 1.807) is 20.4 Å². The molecule has 0 bridgehead atoms. The second-order valence-electron chi connectivity index (χ2n) is 5.95. The number of hydrazone groups is 1. The summed E-state index contributed by atoms with van der Waals surface area (Å²) < 4.78 is 16.0. The molecule has 1 aliphatic heterocycles. The van der Waals surface area contributed by atoms with Gasteiger partial charge >= 0.3 is 0 Å². The molecule has 0 unspecified atom stereocenters. The van der Waals surface area contributed by atoms with E-state index in [-0.39, 0.29) is 5.91 Å². The van der Waals surface area contributed by atoms with Crippen molar-refractivity contribution in [3.63, 3.8) is 0 Å². The summed E-state index contributed by atoms with van der Waals surface area (Å²) in [5.41, 5.74) is 3.37. The molecule has 1 amide bonds. The summed E-state index contributed by atoms with van der Waals surface area (Å²) in [6.45, 7) is 3.14. The van der Waals surface area contributed by atoms with Crippen LogP contribution in [0.25, 0.3) is 10.8 Å². The fourth-order valence-electron chi connectivity index (χ4n) is 2.91. The number of rotatable bonds is 6. The van der Waals surface area contributed by atoms with Gasteiger partial charge in [-0.15, -0.1) is 0 Å². The quantitative estimate of drug-likeness (QED) is 0.629.